The fourth-order valence-corrected chi connectivity index (χ4v) is 2.63. The van der Waals surface area contributed by atoms with Crippen LogP contribution in [0.4, 0.5) is 0 Å². The topological polar surface area (TPSA) is 41.1 Å². The first-order valence-corrected chi connectivity index (χ1v) is 6.75. The molecule has 1 aromatic rings. The Morgan fingerprint density at radius 1 is 1.39 bits per heavy atom. The van der Waals surface area contributed by atoms with Crippen molar-refractivity contribution < 1.29 is 4.79 Å². The van der Waals surface area contributed by atoms with E-state index in [1.54, 1.807) is 0 Å². The quantitative estimate of drug-likeness (QED) is 0.859. The number of aryl methyl sites for hydroxylation is 1. The number of hydrogen-bond donors (Lipinski definition) is 2. The summed E-state index contributed by atoms with van der Waals surface area (Å²) in [5, 5.41) is 6.51. The standard InChI is InChI=1S/C15H22N2O/c1-11-6-3-4-8-14(11)12(2)17-13-7-5-9-16-15(18)10-13/h3-4,6,8,12-13,17H,5,7,9-10H2,1-2H3,(H,16,18). The average molecular weight is 246 g/mol. The van der Waals surface area contributed by atoms with Crippen LogP contribution in [0.3, 0.4) is 0 Å². The Bertz CT molecular complexity index is 417. The smallest absolute Gasteiger partial charge is 0.221 e. The van der Waals surface area contributed by atoms with E-state index in [1.807, 2.05) is 0 Å². The average Bonchev–Trinajstić information content (AvgIpc) is 2.54. The molecule has 0 aliphatic carbocycles. The molecule has 1 aromatic carbocycles. The van der Waals surface area contributed by atoms with E-state index in [0.29, 0.717) is 18.5 Å². The van der Waals surface area contributed by atoms with Crippen LogP contribution in [0.1, 0.15) is 43.4 Å². The van der Waals surface area contributed by atoms with Gasteiger partial charge in [-0.15, -0.1) is 0 Å². The van der Waals surface area contributed by atoms with Crippen molar-refractivity contribution in [3.8, 4) is 0 Å². The van der Waals surface area contributed by atoms with Gasteiger partial charge in [0.25, 0.3) is 0 Å². The van der Waals surface area contributed by atoms with Crippen molar-refractivity contribution in [3.05, 3.63) is 35.4 Å². The third-order valence-corrected chi connectivity index (χ3v) is 3.62. The van der Waals surface area contributed by atoms with E-state index >= 15 is 0 Å². The zero-order valence-electron chi connectivity index (χ0n) is 11.2. The molecule has 1 heterocycles. The van der Waals surface area contributed by atoms with Crippen LogP contribution in [0.15, 0.2) is 24.3 Å². The van der Waals surface area contributed by atoms with Crippen molar-refractivity contribution >= 4 is 5.91 Å². The van der Waals surface area contributed by atoms with Gasteiger partial charge in [0.1, 0.15) is 0 Å². The van der Waals surface area contributed by atoms with Crippen LogP contribution in [0.5, 0.6) is 0 Å². The molecule has 98 valence electrons. The first kappa shape index (κ1) is 13.1. The van der Waals surface area contributed by atoms with Gasteiger partial charge in [-0.05, 0) is 37.8 Å². The molecule has 0 spiro atoms. The molecular formula is C15H22N2O. The predicted molar refractivity (Wildman–Crippen MR) is 73.4 cm³/mol. The van der Waals surface area contributed by atoms with Crippen LogP contribution < -0.4 is 10.6 Å². The van der Waals surface area contributed by atoms with Crippen molar-refractivity contribution in [2.24, 2.45) is 0 Å². The second-order valence-electron chi connectivity index (χ2n) is 5.14. The minimum Gasteiger partial charge on any atom is -0.356 e. The fraction of sp³-hybridized carbons (Fsp3) is 0.533. The van der Waals surface area contributed by atoms with E-state index < -0.39 is 0 Å². The third-order valence-electron chi connectivity index (χ3n) is 3.62. The van der Waals surface area contributed by atoms with Crippen molar-refractivity contribution in [1.29, 1.82) is 0 Å². The highest BCUT2D eigenvalue weighted by molar-refractivity contribution is 5.76. The van der Waals surface area contributed by atoms with Gasteiger partial charge >= 0.3 is 0 Å². The summed E-state index contributed by atoms with van der Waals surface area (Å²) in [7, 11) is 0. The third kappa shape index (κ3) is 3.33. The number of amides is 1. The van der Waals surface area contributed by atoms with Crippen LogP contribution in [0.25, 0.3) is 0 Å². The molecule has 18 heavy (non-hydrogen) atoms. The Hall–Kier alpha value is -1.35. The van der Waals surface area contributed by atoms with E-state index in [1.165, 1.54) is 11.1 Å². The molecule has 0 radical (unpaired) electrons. The zero-order valence-corrected chi connectivity index (χ0v) is 11.2. The Kier molecular flexibility index (Phi) is 4.37. The van der Waals surface area contributed by atoms with Gasteiger partial charge in [-0.3, -0.25) is 4.79 Å². The first-order chi connectivity index (χ1) is 8.66. The SMILES string of the molecule is Cc1ccccc1C(C)NC1CCCNC(=O)C1. The molecule has 1 amide bonds. The molecule has 2 N–H and O–H groups in total. The number of nitrogens with one attached hydrogen (secondary N) is 2. The first-order valence-electron chi connectivity index (χ1n) is 6.75. The van der Waals surface area contributed by atoms with Crippen LogP contribution in [0, 0.1) is 6.92 Å². The number of carbonyl (C=O) groups excluding carboxylic acids is 1. The summed E-state index contributed by atoms with van der Waals surface area (Å²) in [6, 6.07) is 9.01. The predicted octanol–water partition coefficient (Wildman–Crippen LogP) is 2.31. The molecule has 3 heteroatoms. The summed E-state index contributed by atoms with van der Waals surface area (Å²) in [5.41, 5.74) is 2.62. The largest absolute Gasteiger partial charge is 0.356 e. The van der Waals surface area contributed by atoms with Gasteiger partial charge in [0, 0.05) is 25.0 Å². The normalized spacial score (nSPS) is 22.1. The van der Waals surface area contributed by atoms with E-state index in [9.17, 15) is 4.79 Å². The molecule has 0 aromatic heterocycles. The van der Waals surface area contributed by atoms with Crippen molar-refractivity contribution in [1.82, 2.24) is 10.6 Å². The second-order valence-corrected chi connectivity index (χ2v) is 5.14. The summed E-state index contributed by atoms with van der Waals surface area (Å²) in [6.07, 6.45) is 2.72. The lowest BCUT2D eigenvalue weighted by atomic mass is 10.0. The van der Waals surface area contributed by atoms with Gasteiger partial charge < -0.3 is 10.6 Å². The number of rotatable bonds is 3. The van der Waals surface area contributed by atoms with E-state index in [2.05, 4.69) is 48.7 Å². The van der Waals surface area contributed by atoms with Crippen LogP contribution in [-0.4, -0.2) is 18.5 Å². The molecule has 2 unspecified atom stereocenters. The molecule has 1 aliphatic rings. The molecular weight excluding hydrogens is 224 g/mol. The maximum Gasteiger partial charge on any atom is 0.221 e. The maximum atomic E-state index is 11.5. The molecule has 0 bridgehead atoms. The lowest BCUT2D eigenvalue weighted by Crippen LogP contribution is -2.34. The van der Waals surface area contributed by atoms with Gasteiger partial charge in [0.2, 0.25) is 5.91 Å². The van der Waals surface area contributed by atoms with Crippen molar-refractivity contribution in [3.63, 3.8) is 0 Å². The second kappa shape index (κ2) is 6.01. The Balaban J connectivity index is 2.00. The Morgan fingerprint density at radius 3 is 2.94 bits per heavy atom. The zero-order chi connectivity index (χ0) is 13.0. The van der Waals surface area contributed by atoms with E-state index in [-0.39, 0.29) is 5.91 Å². The monoisotopic (exact) mass is 246 g/mol. The molecule has 1 aliphatic heterocycles. The summed E-state index contributed by atoms with van der Waals surface area (Å²) >= 11 is 0. The van der Waals surface area contributed by atoms with Crippen molar-refractivity contribution in [2.75, 3.05) is 6.54 Å². The van der Waals surface area contributed by atoms with Crippen molar-refractivity contribution in [2.45, 2.75) is 45.2 Å². The highest BCUT2D eigenvalue weighted by Crippen LogP contribution is 2.19. The van der Waals surface area contributed by atoms with Gasteiger partial charge in [-0.25, -0.2) is 0 Å². The molecule has 0 saturated carbocycles. The highest BCUT2D eigenvalue weighted by Gasteiger charge is 2.19. The van der Waals surface area contributed by atoms with Crippen LogP contribution >= 0.6 is 0 Å². The molecule has 1 saturated heterocycles. The summed E-state index contributed by atoms with van der Waals surface area (Å²) < 4.78 is 0. The summed E-state index contributed by atoms with van der Waals surface area (Å²) in [5.74, 6) is 0.169. The lowest BCUT2D eigenvalue weighted by molar-refractivity contribution is -0.121. The highest BCUT2D eigenvalue weighted by atomic mass is 16.1. The van der Waals surface area contributed by atoms with Crippen LogP contribution in [0.2, 0.25) is 0 Å². The van der Waals surface area contributed by atoms with Gasteiger partial charge in [0.15, 0.2) is 0 Å². The van der Waals surface area contributed by atoms with Gasteiger partial charge in [0.05, 0.1) is 0 Å². The number of hydrogen-bond acceptors (Lipinski definition) is 2. The van der Waals surface area contributed by atoms with Gasteiger partial charge in [-0.2, -0.15) is 0 Å². The number of carbonyl (C=O) groups is 1. The Morgan fingerprint density at radius 2 is 2.17 bits per heavy atom. The molecule has 2 atom stereocenters. The Labute approximate surface area is 109 Å². The van der Waals surface area contributed by atoms with Crippen LogP contribution in [-0.2, 0) is 4.79 Å². The van der Waals surface area contributed by atoms with E-state index in [0.717, 1.165) is 19.4 Å². The maximum absolute atomic E-state index is 11.5. The molecule has 3 nitrogen and oxygen atoms in total. The van der Waals surface area contributed by atoms with E-state index in [4.69, 9.17) is 0 Å². The minimum absolute atomic E-state index is 0.169. The minimum atomic E-state index is 0.169. The lowest BCUT2D eigenvalue weighted by Gasteiger charge is -2.22. The summed E-state index contributed by atoms with van der Waals surface area (Å²) in [4.78, 5) is 11.5. The fourth-order valence-electron chi connectivity index (χ4n) is 2.63. The number of benzene rings is 1. The molecule has 1 fully saturated rings. The van der Waals surface area contributed by atoms with Gasteiger partial charge in [-0.1, -0.05) is 24.3 Å². The summed E-state index contributed by atoms with van der Waals surface area (Å²) in [6.45, 7) is 5.12. The molecule has 2 rings (SSSR count).